The molecular formula is C25H34N4O3S. The van der Waals surface area contributed by atoms with Crippen LogP contribution in [0.4, 0.5) is 11.8 Å². The molecule has 178 valence electrons. The van der Waals surface area contributed by atoms with E-state index in [1.807, 2.05) is 39.1 Å². The lowest BCUT2D eigenvalue weighted by atomic mass is 9.99. The van der Waals surface area contributed by atoms with Crippen molar-refractivity contribution in [3.05, 3.63) is 41.8 Å². The van der Waals surface area contributed by atoms with E-state index in [4.69, 9.17) is 14.4 Å². The predicted octanol–water partition coefficient (Wildman–Crippen LogP) is 4.34. The maximum atomic E-state index is 12.6. The number of nitrogens with zero attached hydrogens (tertiary/aromatic N) is 3. The number of furan rings is 1. The number of para-hydroxylation sites is 1. The highest BCUT2D eigenvalue weighted by atomic mass is 32.2. The average molecular weight is 471 g/mol. The number of nitrogens with one attached hydrogen (secondary N) is 1. The third kappa shape index (κ3) is 5.13. The molecule has 3 atom stereocenters. The van der Waals surface area contributed by atoms with Crippen LogP contribution in [0.2, 0.25) is 0 Å². The van der Waals surface area contributed by atoms with Gasteiger partial charge in [-0.2, -0.15) is 4.98 Å². The average Bonchev–Trinajstić information content (AvgIpc) is 3.41. The molecule has 0 fully saturated rings. The number of aliphatic hydroxyl groups excluding tert-OH is 1. The summed E-state index contributed by atoms with van der Waals surface area (Å²) < 4.78 is 18.7. The number of aliphatic hydroxyl groups is 1. The summed E-state index contributed by atoms with van der Waals surface area (Å²) in [6, 6.07) is 10.1. The van der Waals surface area contributed by atoms with Gasteiger partial charge in [0.1, 0.15) is 22.8 Å². The van der Waals surface area contributed by atoms with Crippen molar-refractivity contribution < 1.29 is 14.1 Å². The molecule has 1 aliphatic rings. The van der Waals surface area contributed by atoms with Crippen LogP contribution in [0.25, 0.3) is 11.0 Å². The second-order valence-corrected chi connectivity index (χ2v) is 10.6. The maximum Gasteiger partial charge on any atom is 0.227 e. The molecule has 3 heterocycles. The molecule has 1 aliphatic heterocycles. The quantitative estimate of drug-likeness (QED) is 0.426. The molecule has 1 aromatic carbocycles. The van der Waals surface area contributed by atoms with Gasteiger partial charge in [0.2, 0.25) is 10.8 Å². The first kappa shape index (κ1) is 23.9. The van der Waals surface area contributed by atoms with Crippen LogP contribution in [0.1, 0.15) is 51.0 Å². The molecule has 2 N–H and O–H groups in total. The molecule has 7 nitrogen and oxygen atoms in total. The summed E-state index contributed by atoms with van der Waals surface area (Å²) in [6.07, 6.45) is 2.58. The number of hydrogen-bond acceptors (Lipinski definition) is 7. The lowest BCUT2D eigenvalue weighted by molar-refractivity contribution is 0.248. The van der Waals surface area contributed by atoms with Gasteiger partial charge in [-0.3, -0.25) is 0 Å². The van der Waals surface area contributed by atoms with Gasteiger partial charge in [0.05, 0.1) is 12.6 Å². The Morgan fingerprint density at radius 1 is 1.27 bits per heavy atom. The fourth-order valence-electron chi connectivity index (χ4n) is 4.25. The Hall–Kier alpha value is -2.29. The SMILES string of the molecule is CCC(CCN(C)c1nc2c(c(N[C@@H](CO)C(C)C)n1)[S+]([O-])CC2)c1cc2ccccc2o1. The molecule has 4 rings (SSSR count). The van der Waals surface area contributed by atoms with Crippen molar-refractivity contribution >= 4 is 33.9 Å². The van der Waals surface area contributed by atoms with Gasteiger partial charge in [0, 0.05) is 31.3 Å². The molecule has 0 amide bonds. The van der Waals surface area contributed by atoms with Crippen LogP contribution in [0.3, 0.4) is 0 Å². The summed E-state index contributed by atoms with van der Waals surface area (Å²) >= 11 is -1.11. The first-order valence-corrected chi connectivity index (χ1v) is 13.1. The third-order valence-corrected chi connectivity index (χ3v) is 7.95. The molecule has 0 saturated heterocycles. The van der Waals surface area contributed by atoms with Gasteiger partial charge >= 0.3 is 0 Å². The zero-order chi connectivity index (χ0) is 23.5. The minimum atomic E-state index is -1.11. The monoisotopic (exact) mass is 470 g/mol. The topological polar surface area (TPSA) is 97.5 Å². The summed E-state index contributed by atoms with van der Waals surface area (Å²) in [4.78, 5) is 12.3. The largest absolute Gasteiger partial charge is 0.611 e. The smallest absolute Gasteiger partial charge is 0.227 e. The highest BCUT2D eigenvalue weighted by molar-refractivity contribution is 7.91. The van der Waals surface area contributed by atoms with E-state index in [1.165, 1.54) is 0 Å². The van der Waals surface area contributed by atoms with Crippen LogP contribution >= 0.6 is 0 Å². The fourth-order valence-corrected chi connectivity index (χ4v) is 5.57. The van der Waals surface area contributed by atoms with Crippen molar-refractivity contribution in [1.82, 2.24) is 9.97 Å². The van der Waals surface area contributed by atoms with E-state index in [0.29, 0.717) is 34.8 Å². The molecule has 2 unspecified atom stereocenters. The number of fused-ring (bicyclic) bond motifs is 2. The van der Waals surface area contributed by atoms with Gasteiger partial charge in [-0.1, -0.05) is 39.0 Å². The Morgan fingerprint density at radius 2 is 2.06 bits per heavy atom. The Kier molecular flexibility index (Phi) is 7.46. The van der Waals surface area contributed by atoms with Gasteiger partial charge in [-0.15, -0.1) is 0 Å². The second kappa shape index (κ2) is 10.3. The zero-order valence-electron chi connectivity index (χ0n) is 19.9. The number of anilines is 2. The van der Waals surface area contributed by atoms with Crippen LogP contribution in [0.15, 0.2) is 39.6 Å². The van der Waals surface area contributed by atoms with Crippen LogP contribution in [0, 0.1) is 5.92 Å². The van der Waals surface area contributed by atoms with Gasteiger partial charge in [0.25, 0.3) is 0 Å². The van der Waals surface area contributed by atoms with E-state index in [9.17, 15) is 9.66 Å². The highest BCUT2D eigenvalue weighted by Crippen LogP contribution is 2.34. The molecule has 0 aliphatic carbocycles. The summed E-state index contributed by atoms with van der Waals surface area (Å²) in [6.45, 7) is 7.03. The van der Waals surface area contributed by atoms with Crippen molar-refractivity contribution in [2.75, 3.05) is 36.2 Å². The standard InChI is InChI=1S/C25H34N4O3S/c1-5-17(22-14-18-8-6-7-9-21(18)32-22)10-12-29(4)25-27-19-11-13-33(31)23(19)24(28-25)26-20(15-30)16(2)3/h6-9,14,16-17,20,30H,5,10-13,15H2,1-4H3,(H,26,27,28)/t17?,20-,33?/m0/s1. The fraction of sp³-hybridized carbons (Fsp3) is 0.520. The Bertz CT molecular complexity index is 1050. The van der Waals surface area contributed by atoms with Crippen molar-refractivity contribution in [2.45, 2.75) is 56.9 Å². The van der Waals surface area contributed by atoms with E-state index in [-0.39, 0.29) is 18.6 Å². The van der Waals surface area contributed by atoms with Crippen molar-refractivity contribution in [3.63, 3.8) is 0 Å². The zero-order valence-corrected chi connectivity index (χ0v) is 20.7. The minimum absolute atomic E-state index is 0.00999. The van der Waals surface area contributed by atoms with E-state index in [2.05, 4.69) is 29.3 Å². The maximum absolute atomic E-state index is 12.6. The van der Waals surface area contributed by atoms with Crippen LogP contribution in [0.5, 0.6) is 0 Å². The molecule has 3 aromatic rings. The molecule has 0 bridgehead atoms. The summed E-state index contributed by atoms with van der Waals surface area (Å²) in [5, 5.41) is 14.3. The van der Waals surface area contributed by atoms with E-state index in [0.717, 1.165) is 41.8 Å². The van der Waals surface area contributed by atoms with Crippen molar-refractivity contribution in [2.24, 2.45) is 5.92 Å². The van der Waals surface area contributed by atoms with Gasteiger partial charge in [0.15, 0.2) is 5.82 Å². The number of hydrogen-bond donors (Lipinski definition) is 2. The van der Waals surface area contributed by atoms with Gasteiger partial charge in [-0.25, -0.2) is 4.98 Å². The lowest BCUT2D eigenvalue weighted by Crippen LogP contribution is -2.31. The van der Waals surface area contributed by atoms with Crippen LogP contribution in [-0.4, -0.2) is 51.6 Å². The number of aryl methyl sites for hydroxylation is 1. The van der Waals surface area contributed by atoms with Gasteiger partial charge < -0.3 is 24.3 Å². The molecule has 2 aromatic heterocycles. The van der Waals surface area contributed by atoms with Crippen molar-refractivity contribution in [1.29, 1.82) is 0 Å². The first-order chi connectivity index (χ1) is 15.9. The minimum Gasteiger partial charge on any atom is -0.611 e. The second-order valence-electron chi connectivity index (χ2n) is 9.13. The predicted molar refractivity (Wildman–Crippen MR) is 133 cm³/mol. The summed E-state index contributed by atoms with van der Waals surface area (Å²) in [5.41, 5.74) is 1.77. The Labute approximate surface area is 198 Å². The molecule has 0 radical (unpaired) electrons. The number of aromatic nitrogens is 2. The Morgan fingerprint density at radius 3 is 2.76 bits per heavy atom. The molecular weight excluding hydrogens is 436 g/mol. The van der Waals surface area contributed by atoms with E-state index >= 15 is 0 Å². The number of benzene rings is 1. The van der Waals surface area contributed by atoms with Crippen LogP contribution < -0.4 is 10.2 Å². The normalized spacial score (nSPS) is 17.4. The molecule has 0 spiro atoms. The van der Waals surface area contributed by atoms with E-state index < -0.39 is 11.2 Å². The van der Waals surface area contributed by atoms with Crippen LogP contribution in [-0.2, 0) is 17.6 Å². The molecule has 0 saturated carbocycles. The first-order valence-electron chi connectivity index (χ1n) is 11.8. The third-order valence-electron chi connectivity index (χ3n) is 6.49. The van der Waals surface area contributed by atoms with Crippen molar-refractivity contribution in [3.8, 4) is 0 Å². The molecule has 8 heteroatoms. The summed E-state index contributed by atoms with van der Waals surface area (Å²) in [7, 11) is 1.99. The highest BCUT2D eigenvalue weighted by Gasteiger charge is 2.33. The van der Waals surface area contributed by atoms with Gasteiger partial charge in [-0.05, 0) is 42.1 Å². The van der Waals surface area contributed by atoms with E-state index in [1.54, 1.807) is 0 Å². The Balaban J connectivity index is 1.52. The molecule has 33 heavy (non-hydrogen) atoms. The lowest BCUT2D eigenvalue weighted by Gasteiger charge is -2.24. The summed E-state index contributed by atoms with van der Waals surface area (Å²) in [5.74, 6) is 3.32. The number of rotatable bonds is 10.